The van der Waals surface area contributed by atoms with Crippen LogP contribution in [0.4, 0.5) is 5.69 Å². The number of carbonyl (C=O) groups excluding carboxylic acids is 3. The molecule has 1 aliphatic heterocycles. The number of hydrogen-bond donors (Lipinski definition) is 2. The summed E-state index contributed by atoms with van der Waals surface area (Å²) < 4.78 is 0. The maximum absolute atomic E-state index is 12.9. The maximum Gasteiger partial charge on any atom is 0.275 e. The Bertz CT molecular complexity index is 1190. The summed E-state index contributed by atoms with van der Waals surface area (Å²) in [5.74, 6) is -0.465. The second-order valence-electron chi connectivity index (χ2n) is 8.75. The van der Waals surface area contributed by atoms with Gasteiger partial charge in [0, 0.05) is 44.3 Å². The SMILES string of the molecule is Cc1cccc(C)c1NC(=O)CN(C)C(=O)CN1CCN(C(=O)c2n[nH]c3ccccc23)CC1. The van der Waals surface area contributed by atoms with Crippen molar-refractivity contribution in [2.75, 3.05) is 51.6 Å². The number of para-hydroxylation sites is 2. The van der Waals surface area contributed by atoms with Crippen LogP contribution < -0.4 is 5.32 Å². The molecule has 9 heteroatoms. The Hall–Kier alpha value is -3.72. The number of aromatic nitrogens is 2. The number of nitrogens with zero attached hydrogens (tertiary/aromatic N) is 4. The number of carbonyl (C=O) groups is 3. The van der Waals surface area contributed by atoms with E-state index in [2.05, 4.69) is 15.5 Å². The number of anilines is 1. The van der Waals surface area contributed by atoms with Crippen molar-refractivity contribution in [2.45, 2.75) is 13.8 Å². The first-order chi connectivity index (χ1) is 16.3. The lowest BCUT2D eigenvalue weighted by Gasteiger charge is -2.34. The molecule has 0 radical (unpaired) electrons. The number of amides is 3. The summed E-state index contributed by atoms with van der Waals surface area (Å²) in [5, 5.41) is 10.8. The van der Waals surface area contributed by atoms with E-state index in [9.17, 15) is 14.4 Å². The standard InChI is InChI=1S/C25H30N6O3/c1-17-7-6-8-18(2)23(17)26-21(32)15-29(3)22(33)16-30-11-13-31(14-12-30)25(34)24-19-9-4-5-10-20(19)27-28-24/h4-10H,11-16H2,1-3H3,(H,26,32)(H,27,28). The van der Waals surface area contributed by atoms with Crippen molar-refractivity contribution in [3.05, 3.63) is 59.3 Å². The van der Waals surface area contributed by atoms with E-state index >= 15 is 0 Å². The normalized spacial score (nSPS) is 14.3. The van der Waals surface area contributed by atoms with Crippen molar-refractivity contribution in [1.29, 1.82) is 0 Å². The molecule has 2 N–H and O–H groups in total. The van der Waals surface area contributed by atoms with Crippen LogP contribution in [0.5, 0.6) is 0 Å². The van der Waals surface area contributed by atoms with Crippen LogP contribution in [0.2, 0.25) is 0 Å². The van der Waals surface area contributed by atoms with E-state index in [1.54, 1.807) is 11.9 Å². The third kappa shape index (κ3) is 5.09. The van der Waals surface area contributed by atoms with E-state index < -0.39 is 0 Å². The van der Waals surface area contributed by atoms with E-state index in [0.717, 1.165) is 27.7 Å². The van der Waals surface area contributed by atoms with E-state index in [1.165, 1.54) is 4.90 Å². The van der Waals surface area contributed by atoms with E-state index in [1.807, 2.05) is 61.2 Å². The number of H-pyrrole nitrogens is 1. The molecule has 178 valence electrons. The minimum atomic E-state index is -0.227. The van der Waals surface area contributed by atoms with Gasteiger partial charge in [0.15, 0.2) is 5.69 Å². The molecule has 1 aliphatic rings. The van der Waals surface area contributed by atoms with Crippen molar-refractivity contribution in [2.24, 2.45) is 0 Å². The Balaban J connectivity index is 1.26. The Kier molecular flexibility index (Phi) is 6.93. The first-order valence-corrected chi connectivity index (χ1v) is 11.4. The van der Waals surface area contributed by atoms with Gasteiger partial charge in [-0.05, 0) is 31.0 Å². The van der Waals surface area contributed by atoms with Gasteiger partial charge >= 0.3 is 0 Å². The van der Waals surface area contributed by atoms with Gasteiger partial charge in [-0.25, -0.2) is 0 Å². The average molecular weight is 463 g/mol. The van der Waals surface area contributed by atoms with Crippen molar-refractivity contribution in [3.63, 3.8) is 0 Å². The summed E-state index contributed by atoms with van der Waals surface area (Å²) in [5.41, 5.74) is 4.02. The molecule has 9 nitrogen and oxygen atoms in total. The molecule has 0 unspecified atom stereocenters. The largest absolute Gasteiger partial charge is 0.335 e. The van der Waals surface area contributed by atoms with Crippen LogP contribution in [-0.2, 0) is 9.59 Å². The zero-order valence-electron chi connectivity index (χ0n) is 19.8. The van der Waals surface area contributed by atoms with Gasteiger partial charge in [0.25, 0.3) is 5.91 Å². The summed E-state index contributed by atoms with van der Waals surface area (Å²) >= 11 is 0. The zero-order chi connectivity index (χ0) is 24.2. The van der Waals surface area contributed by atoms with Gasteiger partial charge in [0.2, 0.25) is 11.8 Å². The maximum atomic E-state index is 12.9. The molecule has 1 saturated heterocycles. The molecule has 34 heavy (non-hydrogen) atoms. The highest BCUT2D eigenvalue weighted by Crippen LogP contribution is 2.20. The topological polar surface area (TPSA) is 102 Å². The second kappa shape index (κ2) is 10.0. The fourth-order valence-electron chi connectivity index (χ4n) is 4.19. The highest BCUT2D eigenvalue weighted by atomic mass is 16.2. The lowest BCUT2D eigenvalue weighted by atomic mass is 10.1. The van der Waals surface area contributed by atoms with E-state index in [0.29, 0.717) is 31.9 Å². The molecule has 3 aromatic rings. The molecular formula is C25H30N6O3. The van der Waals surface area contributed by atoms with Crippen molar-refractivity contribution >= 4 is 34.3 Å². The van der Waals surface area contributed by atoms with Crippen LogP contribution in [0, 0.1) is 13.8 Å². The van der Waals surface area contributed by atoms with Crippen LogP contribution in [-0.4, -0.2) is 88.9 Å². The third-order valence-corrected chi connectivity index (χ3v) is 6.24. The van der Waals surface area contributed by atoms with Crippen LogP contribution in [0.15, 0.2) is 42.5 Å². The monoisotopic (exact) mass is 462 g/mol. The summed E-state index contributed by atoms with van der Waals surface area (Å²) in [6, 6.07) is 13.4. The van der Waals surface area contributed by atoms with Crippen LogP contribution in [0.1, 0.15) is 21.6 Å². The van der Waals surface area contributed by atoms with Gasteiger partial charge < -0.3 is 15.1 Å². The molecule has 0 spiro atoms. The molecule has 0 saturated carbocycles. The van der Waals surface area contributed by atoms with Crippen LogP contribution >= 0.6 is 0 Å². The Morgan fingerprint density at radius 1 is 1.00 bits per heavy atom. The summed E-state index contributed by atoms with van der Waals surface area (Å²) in [7, 11) is 1.63. The minimum absolute atomic E-state index is 0.0166. The van der Waals surface area contributed by atoms with E-state index in [-0.39, 0.29) is 30.8 Å². The summed E-state index contributed by atoms with van der Waals surface area (Å²) in [4.78, 5) is 43.3. The lowest BCUT2D eigenvalue weighted by Crippen LogP contribution is -2.51. The second-order valence-corrected chi connectivity index (χ2v) is 8.75. The predicted molar refractivity (Wildman–Crippen MR) is 131 cm³/mol. The number of rotatable bonds is 6. The Morgan fingerprint density at radius 2 is 1.68 bits per heavy atom. The number of fused-ring (bicyclic) bond motifs is 1. The van der Waals surface area contributed by atoms with Crippen molar-refractivity contribution in [1.82, 2.24) is 24.9 Å². The molecule has 2 heterocycles. The van der Waals surface area contributed by atoms with Gasteiger partial charge in [-0.2, -0.15) is 5.10 Å². The number of nitrogens with one attached hydrogen (secondary N) is 2. The molecule has 0 bridgehead atoms. The average Bonchev–Trinajstić information content (AvgIpc) is 3.26. The van der Waals surface area contributed by atoms with Gasteiger partial charge in [-0.3, -0.25) is 24.4 Å². The van der Waals surface area contributed by atoms with Gasteiger partial charge in [0.1, 0.15) is 0 Å². The minimum Gasteiger partial charge on any atom is -0.335 e. The smallest absolute Gasteiger partial charge is 0.275 e. The van der Waals surface area contributed by atoms with Gasteiger partial charge in [0.05, 0.1) is 18.6 Å². The number of benzene rings is 2. The molecule has 2 aromatic carbocycles. The molecular weight excluding hydrogens is 432 g/mol. The first kappa shape index (κ1) is 23.4. The quantitative estimate of drug-likeness (QED) is 0.584. The number of aryl methyl sites for hydroxylation is 2. The summed E-state index contributed by atoms with van der Waals surface area (Å²) in [6.45, 7) is 6.28. The van der Waals surface area contributed by atoms with Crippen LogP contribution in [0.25, 0.3) is 10.9 Å². The number of likely N-dealkylation sites (N-methyl/N-ethyl adjacent to an activating group) is 1. The molecule has 0 atom stereocenters. The van der Waals surface area contributed by atoms with Gasteiger partial charge in [-0.15, -0.1) is 0 Å². The number of aromatic amines is 1. The Labute approximate surface area is 198 Å². The highest BCUT2D eigenvalue weighted by Gasteiger charge is 2.26. The predicted octanol–water partition coefficient (Wildman–Crippen LogP) is 2.03. The number of piperazine rings is 1. The number of hydrogen-bond acceptors (Lipinski definition) is 5. The van der Waals surface area contributed by atoms with Crippen LogP contribution in [0.3, 0.4) is 0 Å². The third-order valence-electron chi connectivity index (χ3n) is 6.24. The van der Waals surface area contributed by atoms with Gasteiger partial charge in [-0.1, -0.05) is 36.4 Å². The van der Waals surface area contributed by atoms with Crippen molar-refractivity contribution < 1.29 is 14.4 Å². The van der Waals surface area contributed by atoms with E-state index in [4.69, 9.17) is 0 Å². The Morgan fingerprint density at radius 3 is 2.38 bits per heavy atom. The fraction of sp³-hybridized carbons (Fsp3) is 0.360. The summed E-state index contributed by atoms with van der Waals surface area (Å²) in [6.07, 6.45) is 0. The van der Waals surface area contributed by atoms with Crippen molar-refractivity contribution in [3.8, 4) is 0 Å². The molecule has 1 aromatic heterocycles. The lowest BCUT2D eigenvalue weighted by molar-refractivity contribution is -0.134. The molecule has 3 amide bonds. The highest BCUT2D eigenvalue weighted by molar-refractivity contribution is 6.04. The zero-order valence-corrected chi connectivity index (χ0v) is 19.8. The molecule has 0 aliphatic carbocycles. The molecule has 1 fully saturated rings. The fourth-order valence-corrected chi connectivity index (χ4v) is 4.19. The molecule has 4 rings (SSSR count). The first-order valence-electron chi connectivity index (χ1n) is 11.4.